The van der Waals surface area contributed by atoms with Crippen LogP contribution in [-0.2, 0) is 4.79 Å². The molecule has 0 radical (unpaired) electrons. The number of hydrogen-bond acceptors (Lipinski definition) is 3. The van der Waals surface area contributed by atoms with Gasteiger partial charge in [0.25, 0.3) is 5.91 Å². The molecule has 3 N–H and O–H groups in total. The second-order valence-corrected chi connectivity index (χ2v) is 6.43. The van der Waals surface area contributed by atoms with Crippen molar-refractivity contribution >= 4 is 52.1 Å². The Kier molecular flexibility index (Phi) is 6.50. The lowest BCUT2D eigenvalue weighted by atomic mass is 10.2. The van der Waals surface area contributed by atoms with Crippen LogP contribution >= 0.6 is 23.8 Å². The number of amides is 2. The maximum Gasteiger partial charge on any atom is 0.258 e. The first-order valence-electron chi connectivity index (χ1n) is 7.64. The molecule has 0 aromatic heterocycles. The number of hydrogen-bond donors (Lipinski definition) is 3. The van der Waals surface area contributed by atoms with Gasteiger partial charge in [-0.3, -0.25) is 14.9 Å². The van der Waals surface area contributed by atoms with Crippen LogP contribution in [0.5, 0.6) is 0 Å². The maximum atomic E-state index is 12.2. The zero-order valence-corrected chi connectivity index (χ0v) is 15.4. The van der Waals surface area contributed by atoms with Crippen LogP contribution in [0.25, 0.3) is 0 Å². The van der Waals surface area contributed by atoms with Crippen molar-refractivity contribution in [2.45, 2.75) is 13.8 Å². The molecule has 0 saturated carbocycles. The van der Waals surface area contributed by atoms with Gasteiger partial charge in [-0.1, -0.05) is 43.6 Å². The summed E-state index contributed by atoms with van der Waals surface area (Å²) in [5.74, 6) is -0.591. The monoisotopic (exact) mass is 375 g/mol. The first-order valence-corrected chi connectivity index (χ1v) is 8.43. The predicted octanol–water partition coefficient (Wildman–Crippen LogP) is 4.06. The molecule has 0 fully saturated rings. The van der Waals surface area contributed by atoms with Crippen LogP contribution in [0.4, 0.5) is 11.4 Å². The highest BCUT2D eigenvalue weighted by Crippen LogP contribution is 2.17. The van der Waals surface area contributed by atoms with Gasteiger partial charge in [-0.05, 0) is 42.5 Å². The van der Waals surface area contributed by atoms with E-state index in [2.05, 4.69) is 16.0 Å². The highest BCUT2D eigenvalue weighted by Gasteiger charge is 2.12. The van der Waals surface area contributed by atoms with E-state index in [0.29, 0.717) is 22.0 Å². The lowest BCUT2D eigenvalue weighted by molar-refractivity contribution is -0.118. The van der Waals surface area contributed by atoms with E-state index in [0.717, 1.165) is 0 Å². The number of rotatable bonds is 4. The third-order valence-corrected chi connectivity index (χ3v) is 3.79. The Hall–Kier alpha value is -2.44. The van der Waals surface area contributed by atoms with Crippen molar-refractivity contribution in [1.82, 2.24) is 5.32 Å². The van der Waals surface area contributed by atoms with E-state index in [1.54, 1.807) is 48.5 Å². The minimum Gasteiger partial charge on any atom is -0.332 e. The number of nitrogens with one attached hydrogen (secondary N) is 3. The number of thiocarbonyl (C=S) groups is 1. The van der Waals surface area contributed by atoms with Crippen LogP contribution < -0.4 is 16.0 Å². The van der Waals surface area contributed by atoms with Crippen LogP contribution in [0.3, 0.4) is 0 Å². The van der Waals surface area contributed by atoms with E-state index < -0.39 is 5.91 Å². The van der Waals surface area contributed by atoms with Gasteiger partial charge in [0, 0.05) is 17.3 Å². The summed E-state index contributed by atoms with van der Waals surface area (Å²) in [4.78, 5) is 23.9. The zero-order valence-electron chi connectivity index (χ0n) is 13.8. The molecular weight excluding hydrogens is 358 g/mol. The Labute approximate surface area is 156 Å². The third-order valence-electron chi connectivity index (χ3n) is 3.26. The number of halogens is 1. The Bertz CT molecular complexity index is 808. The summed E-state index contributed by atoms with van der Waals surface area (Å²) in [7, 11) is 0. The third kappa shape index (κ3) is 5.55. The second kappa shape index (κ2) is 8.60. The largest absolute Gasteiger partial charge is 0.332 e. The summed E-state index contributed by atoms with van der Waals surface area (Å²) < 4.78 is 0. The lowest BCUT2D eigenvalue weighted by Crippen LogP contribution is -2.34. The van der Waals surface area contributed by atoms with Crippen LogP contribution in [0.15, 0.2) is 48.5 Å². The molecule has 0 aliphatic rings. The summed E-state index contributed by atoms with van der Waals surface area (Å²) in [6.07, 6.45) is 0. The molecule has 2 rings (SSSR count). The molecule has 2 aromatic rings. The molecule has 2 amide bonds. The highest BCUT2D eigenvalue weighted by molar-refractivity contribution is 7.80. The Balaban J connectivity index is 2.00. The molecule has 0 spiro atoms. The molecular formula is C18H18ClN3O2S. The molecule has 5 nitrogen and oxygen atoms in total. The summed E-state index contributed by atoms with van der Waals surface area (Å²) in [5, 5.41) is 8.77. The number of carbonyl (C=O) groups excluding carboxylic acids is 2. The van der Waals surface area contributed by atoms with Gasteiger partial charge >= 0.3 is 0 Å². The molecule has 0 aliphatic carbocycles. The summed E-state index contributed by atoms with van der Waals surface area (Å²) in [5.41, 5.74) is 1.63. The average molecular weight is 376 g/mol. The zero-order chi connectivity index (χ0) is 18.4. The van der Waals surface area contributed by atoms with Crippen molar-refractivity contribution in [3.63, 3.8) is 0 Å². The molecule has 2 aromatic carbocycles. The van der Waals surface area contributed by atoms with E-state index in [9.17, 15) is 9.59 Å². The smallest absolute Gasteiger partial charge is 0.258 e. The van der Waals surface area contributed by atoms with Crippen molar-refractivity contribution in [3.05, 3.63) is 59.1 Å². The summed E-state index contributed by atoms with van der Waals surface area (Å²) >= 11 is 11.1. The fraction of sp³-hybridized carbons (Fsp3) is 0.167. The van der Waals surface area contributed by atoms with Gasteiger partial charge in [-0.25, -0.2) is 0 Å². The summed E-state index contributed by atoms with van der Waals surface area (Å²) in [6.45, 7) is 3.63. The molecule has 0 atom stereocenters. The topological polar surface area (TPSA) is 70.2 Å². The van der Waals surface area contributed by atoms with Crippen LogP contribution in [-0.4, -0.2) is 16.9 Å². The molecule has 25 heavy (non-hydrogen) atoms. The molecule has 130 valence electrons. The maximum absolute atomic E-state index is 12.2. The van der Waals surface area contributed by atoms with E-state index in [1.165, 1.54) is 0 Å². The molecule has 0 unspecified atom stereocenters. The normalized spacial score (nSPS) is 10.2. The van der Waals surface area contributed by atoms with Gasteiger partial charge in [-0.2, -0.15) is 0 Å². The van der Waals surface area contributed by atoms with Gasteiger partial charge in [0.1, 0.15) is 0 Å². The predicted molar refractivity (Wildman–Crippen MR) is 105 cm³/mol. The highest BCUT2D eigenvalue weighted by atomic mass is 35.5. The van der Waals surface area contributed by atoms with Crippen molar-refractivity contribution in [2.24, 2.45) is 5.92 Å². The number of benzene rings is 2. The first-order chi connectivity index (χ1) is 11.9. The lowest BCUT2D eigenvalue weighted by Gasteiger charge is -2.12. The van der Waals surface area contributed by atoms with E-state index in [1.807, 2.05) is 13.8 Å². The molecule has 0 bridgehead atoms. The van der Waals surface area contributed by atoms with Gasteiger partial charge in [0.15, 0.2) is 5.11 Å². The fourth-order valence-electron chi connectivity index (χ4n) is 1.94. The molecule has 0 aliphatic heterocycles. The average Bonchev–Trinajstić information content (AvgIpc) is 2.55. The molecule has 0 heterocycles. The van der Waals surface area contributed by atoms with Gasteiger partial charge < -0.3 is 10.6 Å². The van der Waals surface area contributed by atoms with Crippen LogP contribution in [0.1, 0.15) is 24.2 Å². The SMILES string of the molecule is CC(C)C(=O)Nc1cccc(NC(=S)NC(=O)c2ccccc2Cl)c1. The standard InChI is InChI=1S/C18H18ClN3O2S/c1-11(2)16(23)20-12-6-5-7-13(10-12)21-18(25)22-17(24)14-8-3-4-9-15(14)19/h3-11H,1-2H3,(H,20,23)(H2,21,22,24,25). The summed E-state index contributed by atoms with van der Waals surface area (Å²) in [6, 6.07) is 13.8. The first kappa shape index (κ1) is 18.9. The Morgan fingerprint density at radius 3 is 2.28 bits per heavy atom. The Morgan fingerprint density at radius 1 is 1.00 bits per heavy atom. The van der Waals surface area contributed by atoms with E-state index in [4.69, 9.17) is 23.8 Å². The second-order valence-electron chi connectivity index (χ2n) is 5.61. The minimum absolute atomic E-state index is 0.0771. The van der Waals surface area contributed by atoms with Gasteiger partial charge in [0.2, 0.25) is 5.91 Å². The quantitative estimate of drug-likeness (QED) is 0.705. The number of carbonyl (C=O) groups is 2. The fourth-order valence-corrected chi connectivity index (χ4v) is 2.37. The van der Waals surface area contributed by atoms with Crippen LogP contribution in [0, 0.1) is 5.92 Å². The number of anilines is 2. The van der Waals surface area contributed by atoms with E-state index in [-0.39, 0.29) is 16.9 Å². The van der Waals surface area contributed by atoms with Crippen molar-refractivity contribution < 1.29 is 9.59 Å². The van der Waals surface area contributed by atoms with Crippen molar-refractivity contribution in [1.29, 1.82) is 0 Å². The van der Waals surface area contributed by atoms with Gasteiger partial charge in [0.05, 0.1) is 10.6 Å². The van der Waals surface area contributed by atoms with Crippen molar-refractivity contribution in [3.8, 4) is 0 Å². The van der Waals surface area contributed by atoms with Crippen molar-refractivity contribution in [2.75, 3.05) is 10.6 Å². The minimum atomic E-state index is -0.396. The van der Waals surface area contributed by atoms with Crippen LogP contribution in [0.2, 0.25) is 5.02 Å². The molecule has 7 heteroatoms. The van der Waals surface area contributed by atoms with Gasteiger partial charge in [-0.15, -0.1) is 0 Å². The molecule has 0 saturated heterocycles. The van der Waals surface area contributed by atoms with E-state index >= 15 is 0 Å². The Morgan fingerprint density at radius 2 is 1.64 bits per heavy atom.